The molecule has 3 nitrogen and oxygen atoms in total. The third kappa shape index (κ3) is 4.28. The van der Waals surface area contributed by atoms with Crippen molar-refractivity contribution in [2.24, 2.45) is 5.41 Å². The van der Waals surface area contributed by atoms with Crippen LogP contribution in [0.25, 0.3) is 11.4 Å². The Morgan fingerprint density at radius 1 is 1.26 bits per heavy atom. The fourth-order valence-corrected chi connectivity index (χ4v) is 1.88. The number of aromatic nitrogens is 2. The first kappa shape index (κ1) is 16.1. The summed E-state index contributed by atoms with van der Waals surface area (Å²) in [5.41, 5.74) is 3.38. The van der Waals surface area contributed by atoms with E-state index in [1.807, 2.05) is 13.0 Å². The molecule has 2 aromatic rings. The zero-order chi connectivity index (χ0) is 13.3. The van der Waals surface area contributed by atoms with Crippen LogP contribution in [0.1, 0.15) is 37.8 Å². The molecule has 1 heterocycles. The van der Waals surface area contributed by atoms with Gasteiger partial charge < -0.3 is 4.52 Å². The summed E-state index contributed by atoms with van der Waals surface area (Å²) in [6.45, 7) is 10.5. The van der Waals surface area contributed by atoms with E-state index < -0.39 is 0 Å². The van der Waals surface area contributed by atoms with Crippen molar-refractivity contribution in [3.63, 3.8) is 0 Å². The van der Waals surface area contributed by atoms with E-state index in [0.717, 1.165) is 17.5 Å². The van der Waals surface area contributed by atoms with Crippen LogP contribution in [0.3, 0.4) is 0 Å². The normalized spacial score (nSPS) is 11.2. The standard InChI is InChI=1S/C15H19N2O.Pt/c1-10-6-7-12(11(2)8-10)14-16-13(18-17-14)9-15(3,4)5;/h6,8H,9H2,1-5H3;/q-1;. The Hall–Kier alpha value is -0.952. The van der Waals surface area contributed by atoms with Gasteiger partial charge in [0.25, 0.3) is 0 Å². The van der Waals surface area contributed by atoms with E-state index in [4.69, 9.17) is 4.52 Å². The summed E-state index contributed by atoms with van der Waals surface area (Å²) in [5, 5.41) is 4.04. The summed E-state index contributed by atoms with van der Waals surface area (Å²) in [5.74, 6) is 1.32. The summed E-state index contributed by atoms with van der Waals surface area (Å²) < 4.78 is 5.30. The van der Waals surface area contributed by atoms with Crippen molar-refractivity contribution in [1.29, 1.82) is 0 Å². The quantitative estimate of drug-likeness (QED) is 0.671. The van der Waals surface area contributed by atoms with Gasteiger partial charge >= 0.3 is 0 Å². The monoisotopic (exact) mass is 438 g/mol. The molecule has 106 valence electrons. The predicted octanol–water partition coefficient (Wildman–Crippen LogP) is 3.74. The fraction of sp³-hybridized carbons (Fsp3) is 0.467. The molecular formula is C15H19N2OPt-. The van der Waals surface area contributed by atoms with Gasteiger partial charge in [0, 0.05) is 27.5 Å². The van der Waals surface area contributed by atoms with Crippen molar-refractivity contribution in [2.45, 2.75) is 41.0 Å². The van der Waals surface area contributed by atoms with Crippen LogP contribution in [0.15, 0.2) is 16.7 Å². The molecule has 0 spiro atoms. The Kier molecular flexibility index (Phi) is 5.09. The van der Waals surface area contributed by atoms with Crippen LogP contribution < -0.4 is 0 Å². The predicted molar refractivity (Wildman–Crippen MR) is 71.2 cm³/mol. The first-order valence-electron chi connectivity index (χ1n) is 6.17. The summed E-state index contributed by atoms with van der Waals surface area (Å²) in [6, 6.07) is 7.26. The van der Waals surface area contributed by atoms with Gasteiger partial charge in [0.05, 0.1) is 0 Å². The summed E-state index contributed by atoms with van der Waals surface area (Å²) in [4.78, 5) is 4.45. The Morgan fingerprint density at radius 2 is 1.95 bits per heavy atom. The molecule has 0 bridgehead atoms. The van der Waals surface area contributed by atoms with Crippen LogP contribution in [0, 0.1) is 25.3 Å². The van der Waals surface area contributed by atoms with E-state index in [9.17, 15) is 0 Å². The zero-order valence-electron chi connectivity index (χ0n) is 12.0. The summed E-state index contributed by atoms with van der Waals surface area (Å²) >= 11 is 0. The molecule has 0 saturated heterocycles. The zero-order valence-corrected chi connectivity index (χ0v) is 14.3. The van der Waals surface area contributed by atoms with Crippen LogP contribution in [-0.2, 0) is 27.5 Å². The van der Waals surface area contributed by atoms with Gasteiger partial charge in [0.15, 0.2) is 0 Å². The molecule has 0 saturated carbocycles. The molecule has 0 aliphatic rings. The number of nitrogens with zero attached hydrogens (tertiary/aromatic N) is 2. The van der Waals surface area contributed by atoms with Gasteiger partial charge in [0.1, 0.15) is 5.82 Å². The summed E-state index contributed by atoms with van der Waals surface area (Å²) in [7, 11) is 0. The Balaban J connectivity index is 0.00000180. The molecule has 4 heteroatoms. The van der Waals surface area contributed by atoms with Crippen LogP contribution >= 0.6 is 0 Å². The molecule has 0 radical (unpaired) electrons. The van der Waals surface area contributed by atoms with E-state index >= 15 is 0 Å². The molecular weight excluding hydrogens is 419 g/mol. The van der Waals surface area contributed by atoms with Crippen LogP contribution in [0.5, 0.6) is 0 Å². The average molecular weight is 438 g/mol. The van der Waals surface area contributed by atoms with Gasteiger partial charge in [-0.15, -0.1) is 40.0 Å². The molecule has 0 aliphatic heterocycles. The van der Waals surface area contributed by atoms with Crippen molar-refractivity contribution in [2.75, 3.05) is 0 Å². The average Bonchev–Trinajstić information content (AvgIpc) is 2.63. The minimum absolute atomic E-state index is 0. The summed E-state index contributed by atoms with van der Waals surface area (Å²) in [6.07, 6.45) is 0.783. The van der Waals surface area contributed by atoms with Crippen LogP contribution in [-0.4, -0.2) is 10.1 Å². The first-order valence-corrected chi connectivity index (χ1v) is 6.17. The molecule has 19 heavy (non-hydrogen) atoms. The van der Waals surface area contributed by atoms with Crippen molar-refractivity contribution >= 4 is 0 Å². The van der Waals surface area contributed by atoms with Crippen molar-refractivity contribution < 1.29 is 25.6 Å². The second-order valence-corrected chi connectivity index (χ2v) is 5.98. The Bertz CT molecular complexity index is 556. The number of hydrogen-bond acceptors (Lipinski definition) is 3. The molecule has 1 aromatic heterocycles. The third-order valence-electron chi connectivity index (χ3n) is 2.66. The SMILES string of the molecule is Cc1c[c-]c(-c2noc(CC(C)(C)C)n2)c(C)c1.[Pt]. The molecule has 1 aromatic carbocycles. The first-order chi connectivity index (χ1) is 8.35. The van der Waals surface area contributed by atoms with Gasteiger partial charge in [0.2, 0.25) is 5.89 Å². The van der Waals surface area contributed by atoms with Gasteiger partial charge in [-0.3, -0.25) is 0 Å². The van der Waals surface area contributed by atoms with Crippen LogP contribution in [0.4, 0.5) is 0 Å². The molecule has 0 fully saturated rings. The van der Waals surface area contributed by atoms with E-state index in [0.29, 0.717) is 11.7 Å². The Labute approximate surface area is 129 Å². The molecule has 0 atom stereocenters. The topological polar surface area (TPSA) is 38.9 Å². The van der Waals surface area contributed by atoms with E-state index in [1.54, 1.807) is 0 Å². The van der Waals surface area contributed by atoms with Gasteiger partial charge in [-0.25, -0.2) is 4.98 Å². The van der Waals surface area contributed by atoms with Gasteiger partial charge in [-0.2, -0.15) is 0 Å². The molecule has 0 unspecified atom stereocenters. The maximum Gasteiger partial charge on any atom is 0.217 e. The van der Waals surface area contributed by atoms with Gasteiger partial charge in [-0.05, 0) is 5.41 Å². The third-order valence-corrected chi connectivity index (χ3v) is 2.66. The minimum Gasteiger partial charge on any atom is -0.350 e. The van der Waals surface area contributed by atoms with Crippen molar-refractivity contribution in [3.8, 4) is 11.4 Å². The molecule has 0 amide bonds. The van der Waals surface area contributed by atoms with E-state index in [2.05, 4.69) is 50.0 Å². The van der Waals surface area contributed by atoms with Gasteiger partial charge in [-0.1, -0.05) is 34.6 Å². The van der Waals surface area contributed by atoms with E-state index in [-0.39, 0.29) is 26.5 Å². The maximum atomic E-state index is 5.30. The molecule has 0 N–H and O–H groups in total. The second-order valence-electron chi connectivity index (χ2n) is 5.98. The number of benzene rings is 1. The number of rotatable bonds is 2. The fourth-order valence-electron chi connectivity index (χ4n) is 1.88. The maximum absolute atomic E-state index is 5.30. The van der Waals surface area contributed by atoms with Crippen LogP contribution in [0.2, 0.25) is 0 Å². The molecule has 2 rings (SSSR count). The van der Waals surface area contributed by atoms with Crippen molar-refractivity contribution in [1.82, 2.24) is 10.1 Å². The molecule has 0 aliphatic carbocycles. The van der Waals surface area contributed by atoms with E-state index in [1.165, 1.54) is 5.56 Å². The number of aryl methyl sites for hydroxylation is 2. The Morgan fingerprint density at radius 3 is 2.53 bits per heavy atom. The largest absolute Gasteiger partial charge is 0.350 e. The van der Waals surface area contributed by atoms with Crippen molar-refractivity contribution in [3.05, 3.63) is 35.2 Å². The number of hydrogen-bond donors (Lipinski definition) is 0. The smallest absolute Gasteiger partial charge is 0.217 e. The minimum atomic E-state index is 0. The second kappa shape index (κ2) is 6.00.